The first-order valence-corrected chi connectivity index (χ1v) is 6.66. The van der Waals surface area contributed by atoms with E-state index in [1.807, 2.05) is 42.5 Å². The summed E-state index contributed by atoms with van der Waals surface area (Å²) in [7, 11) is 0. The molecule has 0 spiro atoms. The zero-order valence-electron chi connectivity index (χ0n) is 11.7. The van der Waals surface area contributed by atoms with Gasteiger partial charge in [0.25, 0.3) is 0 Å². The summed E-state index contributed by atoms with van der Waals surface area (Å²) in [6.07, 6.45) is -0.412. The van der Waals surface area contributed by atoms with Crippen molar-refractivity contribution in [2.45, 2.75) is 20.3 Å². The number of carboxylic acid groups (broad SMARTS) is 1. The summed E-state index contributed by atoms with van der Waals surface area (Å²) < 4.78 is 4.94. The molecule has 2 aromatic carbocycles. The van der Waals surface area contributed by atoms with Crippen LogP contribution in [-0.4, -0.2) is 11.3 Å². The summed E-state index contributed by atoms with van der Waals surface area (Å²) in [6, 6.07) is 15.3. The van der Waals surface area contributed by atoms with E-state index in [-0.39, 0.29) is 0 Å². The Kier molecular flexibility index (Phi) is 4.41. The maximum Gasteiger partial charge on any atom is 0.511 e. The molecule has 0 aliphatic rings. The average Bonchev–Trinajstić information content (AvgIpc) is 2.38. The van der Waals surface area contributed by atoms with Gasteiger partial charge in [-0.25, -0.2) is 4.79 Å². The zero-order chi connectivity index (χ0) is 14.5. The summed E-state index contributed by atoms with van der Waals surface area (Å²) in [5, 5.41) is 8.89. The number of ether oxygens (including phenoxy) is 1. The van der Waals surface area contributed by atoms with E-state index in [4.69, 9.17) is 9.84 Å². The van der Waals surface area contributed by atoms with Crippen LogP contribution in [0.25, 0.3) is 11.1 Å². The summed E-state index contributed by atoms with van der Waals surface area (Å²) >= 11 is 0. The minimum Gasteiger partial charge on any atom is -0.449 e. The molecule has 2 rings (SSSR count). The Morgan fingerprint density at radius 1 is 1.10 bits per heavy atom. The van der Waals surface area contributed by atoms with E-state index in [1.165, 1.54) is 0 Å². The molecular weight excluding hydrogens is 252 g/mol. The first kappa shape index (κ1) is 14.1. The normalized spacial score (nSPS) is 10.6. The van der Waals surface area contributed by atoms with Gasteiger partial charge < -0.3 is 9.84 Å². The minimum atomic E-state index is -1.29. The largest absolute Gasteiger partial charge is 0.511 e. The van der Waals surface area contributed by atoms with Gasteiger partial charge in [0.05, 0.1) is 0 Å². The Labute approximate surface area is 118 Å². The van der Waals surface area contributed by atoms with Crippen molar-refractivity contribution in [1.29, 1.82) is 0 Å². The predicted octanol–water partition coefficient (Wildman–Crippen LogP) is 4.61. The SMILES string of the molecule is CC(C)Cc1cccc(OC(=O)O)c1-c1ccccc1. The molecule has 0 unspecified atom stereocenters. The number of rotatable bonds is 4. The van der Waals surface area contributed by atoms with Crippen molar-refractivity contribution in [3.63, 3.8) is 0 Å². The molecule has 0 saturated carbocycles. The van der Waals surface area contributed by atoms with Crippen molar-refractivity contribution in [2.24, 2.45) is 5.92 Å². The van der Waals surface area contributed by atoms with E-state index in [0.717, 1.165) is 23.1 Å². The van der Waals surface area contributed by atoms with Crippen LogP contribution >= 0.6 is 0 Å². The second-order valence-electron chi connectivity index (χ2n) is 5.12. The van der Waals surface area contributed by atoms with E-state index in [1.54, 1.807) is 6.07 Å². The highest BCUT2D eigenvalue weighted by Crippen LogP contribution is 2.34. The van der Waals surface area contributed by atoms with E-state index < -0.39 is 6.16 Å². The maximum atomic E-state index is 10.9. The highest BCUT2D eigenvalue weighted by Gasteiger charge is 2.14. The summed E-state index contributed by atoms with van der Waals surface area (Å²) in [4.78, 5) is 10.9. The van der Waals surface area contributed by atoms with Gasteiger partial charge in [0.2, 0.25) is 0 Å². The lowest BCUT2D eigenvalue weighted by atomic mass is 9.93. The molecule has 0 atom stereocenters. The van der Waals surface area contributed by atoms with Gasteiger partial charge in [0.1, 0.15) is 5.75 Å². The Morgan fingerprint density at radius 2 is 1.80 bits per heavy atom. The van der Waals surface area contributed by atoms with Gasteiger partial charge in [-0.1, -0.05) is 56.3 Å². The summed E-state index contributed by atoms with van der Waals surface area (Å²) in [5.74, 6) is 0.874. The molecule has 104 valence electrons. The van der Waals surface area contributed by atoms with Gasteiger partial charge in [-0.3, -0.25) is 0 Å². The van der Waals surface area contributed by atoms with Crippen LogP contribution in [0.5, 0.6) is 5.75 Å². The molecule has 3 heteroatoms. The predicted molar refractivity (Wildman–Crippen MR) is 79.1 cm³/mol. The van der Waals surface area contributed by atoms with E-state index in [0.29, 0.717) is 11.7 Å². The van der Waals surface area contributed by atoms with Gasteiger partial charge in [0, 0.05) is 5.56 Å². The van der Waals surface area contributed by atoms with E-state index in [2.05, 4.69) is 13.8 Å². The molecule has 0 radical (unpaired) electrons. The van der Waals surface area contributed by atoms with Gasteiger partial charge >= 0.3 is 6.16 Å². The van der Waals surface area contributed by atoms with Crippen molar-refractivity contribution >= 4 is 6.16 Å². The lowest BCUT2D eigenvalue weighted by Crippen LogP contribution is -2.06. The van der Waals surface area contributed by atoms with Crippen LogP contribution < -0.4 is 4.74 Å². The monoisotopic (exact) mass is 270 g/mol. The van der Waals surface area contributed by atoms with E-state index >= 15 is 0 Å². The zero-order valence-corrected chi connectivity index (χ0v) is 11.7. The Hall–Kier alpha value is -2.29. The second kappa shape index (κ2) is 6.24. The molecule has 0 aliphatic heterocycles. The summed E-state index contributed by atoms with van der Waals surface area (Å²) in [5.41, 5.74) is 2.94. The van der Waals surface area contributed by atoms with Gasteiger partial charge in [-0.2, -0.15) is 0 Å². The number of hydrogen-bond acceptors (Lipinski definition) is 2. The first-order chi connectivity index (χ1) is 9.58. The summed E-state index contributed by atoms with van der Waals surface area (Å²) in [6.45, 7) is 4.28. The fourth-order valence-corrected chi connectivity index (χ4v) is 2.30. The molecule has 20 heavy (non-hydrogen) atoms. The molecule has 0 aliphatic carbocycles. The smallest absolute Gasteiger partial charge is 0.449 e. The maximum absolute atomic E-state index is 10.9. The standard InChI is InChI=1S/C17H18O3/c1-12(2)11-14-9-6-10-15(20-17(18)19)16(14)13-7-4-3-5-8-13/h3-10,12H,11H2,1-2H3,(H,18,19). The lowest BCUT2D eigenvalue weighted by molar-refractivity contribution is 0.144. The first-order valence-electron chi connectivity index (χ1n) is 6.66. The second-order valence-corrected chi connectivity index (χ2v) is 5.12. The van der Waals surface area contributed by atoms with Crippen LogP contribution in [-0.2, 0) is 6.42 Å². The Morgan fingerprint density at radius 3 is 2.40 bits per heavy atom. The Balaban J connectivity index is 2.55. The van der Waals surface area contributed by atoms with Crippen molar-refractivity contribution in [2.75, 3.05) is 0 Å². The molecule has 0 bridgehead atoms. The third kappa shape index (κ3) is 3.38. The third-order valence-corrected chi connectivity index (χ3v) is 3.00. The van der Waals surface area contributed by atoms with Gasteiger partial charge in [-0.05, 0) is 29.5 Å². The minimum absolute atomic E-state index is 0.391. The van der Waals surface area contributed by atoms with Crippen LogP contribution in [0.4, 0.5) is 4.79 Å². The van der Waals surface area contributed by atoms with Crippen molar-refractivity contribution in [3.8, 4) is 16.9 Å². The molecule has 0 aromatic heterocycles. The number of benzene rings is 2. The number of carbonyl (C=O) groups is 1. The quantitative estimate of drug-likeness (QED) is 0.652. The molecule has 0 saturated heterocycles. The van der Waals surface area contributed by atoms with Crippen molar-refractivity contribution in [3.05, 3.63) is 54.1 Å². The fourth-order valence-electron chi connectivity index (χ4n) is 2.30. The van der Waals surface area contributed by atoms with Crippen LogP contribution in [0.3, 0.4) is 0 Å². The highest BCUT2D eigenvalue weighted by molar-refractivity contribution is 5.77. The average molecular weight is 270 g/mol. The van der Waals surface area contributed by atoms with Gasteiger partial charge in [0.15, 0.2) is 0 Å². The van der Waals surface area contributed by atoms with Crippen LogP contribution in [0.2, 0.25) is 0 Å². The van der Waals surface area contributed by atoms with Crippen LogP contribution in [0, 0.1) is 5.92 Å². The third-order valence-electron chi connectivity index (χ3n) is 3.00. The van der Waals surface area contributed by atoms with Crippen molar-refractivity contribution in [1.82, 2.24) is 0 Å². The molecule has 2 aromatic rings. The topological polar surface area (TPSA) is 46.5 Å². The molecule has 1 N–H and O–H groups in total. The van der Waals surface area contributed by atoms with Gasteiger partial charge in [-0.15, -0.1) is 0 Å². The molecule has 3 nitrogen and oxygen atoms in total. The highest BCUT2D eigenvalue weighted by atomic mass is 16.7. The van der Waals surface area contributed by atoms with E-state index in [9.17, 15) is 4.79 Å². The Bertz CT molecular complexity index is 588. The molecule has 0 fully saturated rings. The molecule has 0 heterocycles. The van der Waals surface area contributed by atoms with Crippen LogP contribution in [0.1, 0.15) is 19.4 Å². The fraction of sp³-hybridized carbons (Fsp3) is 0.235. The number of hydrogen-bond donors (Lipinski definition) is 1. The molecular formula is C17H18O3. The lowest BCUT2D eigenvalue weighted by Gasteiger charge is -2.15. The van der Waals surface area contributed by atoms with Crippen LogP contribution in [0.15, 0.2) is 48.5 Å². The molecule has 0 amide bonds. The van der Waals surface area contributed by atoms with Crippen molar-refractivity contribution < 1.29 is 14.6 Å².